The Bertz CT molecular complexity index is 422. The van der Waals surface area contributed by atoms with Crippen molar-refractivity contribution in [2.45, 2.75) is 32.2 Å². The van der Waals surface area contributed by atoms with Crippen molar-refractivity contribution in [3.05, 3.63) is 29.6 Å². The molecule has 2 unspecified atom stereocenters. The van der Waals surface area contributed by atoms with Crippen LogP contribution in [0.1, 0.15) is 31.7 Å². The smallest absolute Gasteiger partial charge is 0.147 e. The Morgan fingerprint density at radius 2 is 2.38 bits per heavy atom. The predicted octanol–water partition coefficient (Wildman–Crippen LogP) is 3.30. The van der Waals surface area contributed by atoms with Gasteiger partial charge in [-0.3, -0.25) is 0 Å². The van der Waals surface area contributed by atoms with Gasteiger partial charge in [-0.05, 0) is 37.0 Å². The van der Waals surface area contributed by atoms with E-state index in [2.05, 4.69) is 12.2 Å². The summed E-state index contributed by atoms with van der Waals surface area (Å²) in [5.74, 6) is 0.362. The molecule has 0 aromatic heterocycles. The standard InChI is InChI=1S/C13H15FN2/c1-2-3-10-7-13(10)16-12-5-4-9(8-15)6-11(12)14/h4-6,10,13,16H,2-3,7H2,1H3. The number of nitrogens with one attached hydrogen (secondary N) is 1. The van der Waals surface area contributed by atoms with Gasteiger partial charge in [0.25, 0.3) is 0 Å². The average molecular weight is 218 g/mol. The van der Waals surface area contributed by atoms with Gasteiger partial charge in [-0.15, -0.1) is 0 Å². The average Bonchev–Trinajstić information content (AvgIpc) is 3.00. The van der Waals surface area contributed by atoms with Crippen molar-refractivity contribution in [2.24, 2.45) is 5.92 Å². The molecule has 0 heterocycles. The van der Waals surface area contributed by atoms with Crippen molar-refractivity contribution in [2.75, 3.05) is 5.32 Å². The van der Waals surface area contributed by atoms with Gasteiger partial charge < -0.3 is 5.32 Å². The fraction of sp³-hybridized carbons (Fsp3) is 0.462. The van der Waals surface area contributed by atoms with Crippen LogP contribution >= 0.6 is 0 Å². The molecule has 0 radical (unpaired) electrons. The van der Waals surface area contributed by atoms with E-state index in [4.69, 9.17) is 5.26 Å². The maximum absolute atomic E-state index is 13.5. The summed E-state index contributed by atoms with van der Waals surface area (Å²) in [6.45, 7) is 2.16. The summed E-state index contributed by atoms with van der Waals surface area (Å²) in [5.41, 5.74) is 0.881. The second-order valence-electron chi connectivity index (χ2n) is 4.34. The van der Waals surface area contributed by atoms with Gasteiger partial charge in [0.2, 0.25) is 0 Å². The molecule has 1 N–H and O–H groups in total. The Kier molecular flexibility index (Phi) is 3.09. The minimum atomic E-state index is -0.332. The molecule has 2 nitrogen and oxygen atoms in total. The molecule has 1 fully saturated rings. The Morgan fingerprint density at radius 3 is 3.00 bits per heavy atom. The highest BCUT2D eigenvalue weighted by Crippen LogP contribution is 2.37. The first-order valence-corrected chi connectivity index (χ1v) is 5.70. The van der Waals surface area contributed by atoms with E-state index in [0.717, 1.165) is 6.42 Å². The van der Waals surface area contributed by atoms with Crippen LogP contribution in [-0.2, 0) is 0 Å². The SMILES string of the molecule is CCCC1CC1Nc1ccc(C#N)cc1F. The molecule has 2 rings (SSSR count). The van der Waals surface area contributed by atoms with E-state index in [1.165, 1.54) is 18.9 Å². The van der Waals surface area contributed by atoms with Gasteiger partial charge in [0, 0.05) is 6.04 Å². The molecule has 3 heteroatoms. The molecule has 1 saturated carbocycles. The summed E-state index contributed by atoms with van der Waals surface area (Å²) in [6.07, 6.45) is 3.52. The first-order chi connectivity index (χ1) is 7.74. The molecule has 0 saturated heterocycles. The molecule has 2 atom stereocenters. The zero-order valence-electron chi connectivity index (χ0n) is 9.33. The molecule has 1 aromatic rings. The Balaban J connectivity index is 1.99. The van der Waals surface area contributed by atoms with Crippen LogP contribution in [0.2, 0.25) is 0 Å². The minimum Gasteiger partial charge on any atom is -0.380 e. The van der Waals surface area contributed by atoms with Gasteiger partial charge >= 0.3 is 0 Å². The fourth-order valence-electron chi connectivity index (χ4n) is 2.02. The first kappa shape index (κ1) is 10.9. The lowest BCUT2D eigenvalue weighted by atomic mass is 10.2. The molecule has 1 aliphatic rings. The van der Waals surface area contributed by atoms with Crippen LogP contribution in [0.4, 0.5) is 10.1 Å². The van der Waals surface area contributed by atoms with Crippen molar-refractivity contribution >= 4 is 5.69 Å². The molecule has 1 aromatic carbocycles. The van der Waals surface area contributed by atoms with Crippen LogP contribution in [0.3, 0.4) is 0 Å². The molecule has 1 aliphatic carbocycles. The van der Waals surface area contributed by atoms with Crippen LogP contribution < -0.4 is 5.32 Å². The lowest BCUT2D eigenvalue weighted by Gasteiger charge is -2.06. The summed E-state index contributed by atoms with van der Waals surface area (Å²) in [7, 11) is 0. The monoisotopic (exact) mass is 218 g/mol. The van der Waals surface area contributed by atoms with Gasteiger partial charge in [0.15, 0.2) is 0 Å². The van der Waals surface area contributed by atoms with Crippen LogP contribution in [0.5, 0.6) is 0 Å². The molecular formula is C13H15FN2. The maximum Gasteiger partial charge on any atom is 0.147 e. The summed E-state index contributed by atoms with van der Waals surface area (Å²) < 4.78 is 13.5. The quantitative estimate of drug-likeness (QED) is 0.841. The maximum atomic E-state index is 13.5. The highest BCUT2D eigenvalue weighted by molar-refractivity contribution is 5.50. The summed E-state index contributed by atoms with van der Waals surface area (Å²) in [5, 5.41) is 11.8. The van der Waals surface area contributed by atoms with E-state index in [1.807, 2.05) is 6.07 Å². The second-order valence-corrected chi connectivity index (χ2v) is 4.34. The number of hydrogen-bond acceptors (Lipinski definition) is 2. The lowest BCUT2D eigenvalue weighted by Crippen LogP contribution is -2.06. The van der Waals surface area contributed by atoms with E-state index in [1.54, 1.807) is 12.1 Å². The van der Waals surface area contributed by atoms with Gasteiger partial charge in [-0.1, -0.05) is 13.3 Å². The molecular weight excluding hydrogens is 203 g/mol. The summed E-state index contributed by atoms with van der Waals surface area (Å²) in [6, 6.07) is 6.91. The van der Waals surface area contributed by atoms with Crippen molar-refractivity contribution in [1.29, 1.82) is 5.26 Å². The van der Waals surface area contributed by atoms with Crippen LogP contribution in [-0.4, -0.2) is 6.04 Å². The lowest BCUT2D eigenvalue weighted by molar-refractivity contribution is 0.627. The van der Waals surface area contributed by atoms with Gasteiger partial charge in [0.1, 0.15) is 5.82 Å². The zero-order chi connectivity index (χ0) is 11.5. The first-order valence-electron chi connectivity index (χ1n) is 5.70. The van der Waals surface area contributed by atoms with Crippen LogP contribution in [0.25, 0.3) is 0 Å². The van der Waals surface area contributed by atoms with Crippen molar-refractivity contribution in [1.82, 2.24) is 0 Å². The van der Waals surface area contributed by atoms with Crippen LogP contribution in [0.15, 0.2) is 18.2 Å². The number of anilines is 1. The van der Waals surface area contributed by atoms with E-state index < -0.39 is 0 Å². The number of rotatable bonds is 4. The van der Waals surface area contributed by atoms with E-state index >= 15 is 0 Å². The fourth-order valence-corrected chi connectivity index (χ4v) is 2.02. The number of benzene rings is 1. The molecule has 84 valence electrons. The van der Waals surface area contributed by atoms with E-state index in [9.17, 15) is 4.39 Å². The highest BCUT2D eigenvalue weighted by Gasteiger charge is 2.36. The Morgan fingerprint density at radius 1 is 1.56 bits per heavy atom. The molecule has 0 spiro atoms. The zero-order valence-corrected chi connectivity index (χ0v) is 9.33. The normalized spacial score (nSPS) is 22.6. The third kappa shape index (κ3) is 2.33. The van der Waals surface area contributed by atoms with E-state index in [-0.39, 0.29) is 5.82 Å². The second kappa shape index (κ2) is 4.52. The minimum absolute atomic E-state index is 0.332. The third-order valence-corrected chi connectivity index (χ3v) is 3.02. The molecule has 0 amide bonds. The number of nitrogens with zero attached hydrogens (tertiary/aromatic N) is 1. The largest absolute Gasteiger partial charge is 0.380 e. The predicted molar refractivity (Wildman–Crippen MR) is 61.5 cm³/mol. The molecule has 0 aliphatic heterocycles. The number of halogens is 1. The van der Waals surface area contributed by atoms with Crippen LogP contribution in [0, 0.1) is 23.1 Å². The molecule has 0 bridgehead atoms. The van der Waals surface area contributed by atoms with Gasteiger partial charge in [0.05, 0.1) is 17.3 Å². The molecule has 16 heavy (non-hydrogen) atoms. The van der Waals surface area contributed by atoms with Crippen molar-refractivity contribution < 1.29 is 4.39 Å². The number of nitriles is 1. The van der Waals surface area contributed by atoms with E-state index in [0.29, 0.717) is 23.2 Å². The number of hydrogen-bond donors (Lipinski definition) is 1. The topological polar surface area (TPSA) is 35.8 Å². The van der Waals surface area contributed by atoms with Crippen molar-refractivity contribution in [3.8, 4) is 6.07 Å². The van der Waals surface area contributed by atoms with Gasteiger partial charge in [-0.2, -0.15) is 5.26 Å². The third-order valence-electron chi connectivity index (χ3n) is 3.02. The Labute approximate surface area is 95.1 Å². The van der Waals surface area contributed by atoms with Crippen molar-refractivity contribution in [3.63, 3.8) is 0 Å². The Hall–Kier alpha value is -1.56. The highest BCUT2D eigenvalue weighted by atomic mass is 19.1. The summed E-state index contributed by atoms with van der Waals surface area (Å²) >= 11 is 0. The summed E-state index contributed by atoms with van der Waals surface area (Å²) in [4.78, 5) is 0. The van der Waals surface area contributed by atoms with Gasteiger partial charge in [-0.25, -0.2) is 4.39 Å².